The lowest BCUT2D eigenvalue weighted by Crippen LogP contribution is -2.29. The summed E-state index contributed by atoms with van der Waals surface area (Å²) in [6, 6.07) is 0. The molecule has 1 saturated carbocycles. The molecule has 5 nitrogen and oxygen atoms in total. The van der Waals surface area contributed by atoms with Crippen LogP contribution in [0.2, 0.25) is 0 Å². The van der Waals surface area contributed by atoms with E-state index in [1.165, 1.54) is 4.90 Å². The van der Waals surface area contributed by atoms with Crippen molar-refractivity contribution in [2.24, 2.45) is 11.8 Å². The van der Waals surface area contributed by atoms with Crippen molar-refractivity contribution in [3.8, 4) is 0 Å². The molecule has 3 atom stereocenters. The normalized spacial score (nSPS) is 31.6. The van der Waals surface area contributed by atoms with Crippen LogP contribution in [0.3, 0.4) is 0 Å². The molecule has 2 unspecified atom stereocenters. The van der Waals surface area contributed by atoms with Crippen molar-refractivity contribution in [1.29, 1.82) is 0 Å². The summed E-state index contributed by atoms with van der Waals surface area (Å²) < 4.78 is 6.05. The predicted octanol–water partition coefficient (Wildman–Crippen LogP) is 2.07. The van der Waals surface area contributed by atoms with Crippen LogP contribution < -0.4 is 0 Å². The summed E-state index contributed by atoms with van der Waals surface area (Å²) in [6.45, 7) is 3.12. The van der Waals surface area contributed by atoms with Gasteiger partial charge in [0.2, 0.25) is 0 Å². The molecule has 1 aromatic rings. The predicted molar refractivity (Wildman–Crippen MR) is 58.3 cm³/mol. The second-order valence-corrected chi connectivity index (χ2v) is 5.27. The van der Waals surface area contributed by atoms with E-state index >= 15 is 0 Å². The Morgan fingerprint density at radius 3 is 2.62 bits per heavy atom. The van der Waals surface area contributed by atoms with Crippen molar-refractivity contribution >= 4 is 22.0 Å². The van der Waals surface area contributed by atoms with Crippen LogP contribution >= 0.6 is 15.9 Å². The Hall–Kier alpha value is -1.04. The van der Waals surface area contributed by atoms with Crippen LogP contribution in [0, 0.1) is 18.8 Å². The molecule has 16 heavy (non-hydrogen) atoms. The van der Waals surface area contributed by atoms with E-state index in [0.29, 0.717) is 30.8 Å². The molecule has 0 bridgehead atoms. The van der Waals surface area contributed by atoms with E-state index in [4.69, 9.17) is 9.63 Å². The number of nitrogens with zero attached hydrogens (tertiary/aromatic N) is 2. The van der Waals surface area contributed by atoms with Gasteiger partial charge in [-0.2, -0.15) is 0 Å². The highest BCUT2D eigenvalue weighted by Gasteiger charge is 2.59. The number of piperidine rings is 1. The lowest BCUT2D eigenvalue weighted by atomic mass is 10.2. The molecule has 2 heterocycles. The molecule has 1 aromatic heterocycles. The van der Waals surface area contributed by atoms with E-state index in [2.05, 4.69) is 21.1 Å². The lowest BCUT2D eigenvalue weighted by molar-refractivity contribution is 0.150. The maximum Gasteiger partial charge on any atom is 0.407 e. The standard InChI is InChI=1S/C10H11BrN2O3/c1-4-8(11)9(12-16-4)7-5-2-13(10(14)15)3-6(5)7/h5-7H,2-3H2,1H3,(H,14,15)/t5-,6?,7?/m1/s1. The van der Waals surface area contributed by atoms with Crippen molar-refractivity contribution in [3.63, 3.8) is 0 Å². The molecule has 1 N–H and O–H groups in total. The number of amides is 1. The van der Waals surface area contributed by atoms with Crippen LogP contribution in [-0.4, -0.2) is 34.3 Å². The maximum absolute atomic E-state index is 10.8. The Labute approximate surface area is 101 Å². The lowest BCUT2D eigenvalue weighted by Gasteiger charge is -2.14. The van der Waals surface area contributed by atoms with E-state index in [1.807, 2.05) is 6.92 Å². The van der Waals surface area contributed by atoms with Crippen molar-refractivity contribution < 1.29 is 14.4 Å². The van der Waals surface area contributed by atoms with E-state index < -0.39 is 6.09 Å². The summed E-state index contributed by atoms with van der Waals surface area (Å²) in [5, 5.41) is 12.9. The molecular formula is C10H11BrN2O3. The number of halogens is 1. The highest BCUT2D eigenvalue weighted by atomic mass is 79.9. The van der Waals surface area contributed by atoms with Crippen LogP contribution in [-0.2, 0) is 0 Å². The molecule has 0 radical (unpaired) electrons. The zero-order valence-electron chi connectivity index (χ0n) is 8.68. The SMILES string of the molecule is Cc1onc(C2C3CN(C(=O)O)C[C@H]32)c1Br. The fourth-order valence-electron chi connectivity index (χ4n) is 2.67. The maximum atomic E-state index is 10.8. The first kappa shape index (κ1) is 10.1. The van der Waals surface area contributed by atoms with Crippen LogP contribution in [0.25, 0.3) is 0 Å². The van der Waals surface area contributed by atoms with Crippen molar-refractivity contribution in [3.05, 3.63) is 15.9 Å². The van der Waals surface area contributed by atoms with Gasteiger partial charge in [0.05, 0.1) is 4.47 Å². The van der Waals surface area contributed by atoms with Gasteiger partial charge in [0, 0.05) is 19.0 Å². The van der Waals surface area contributed by atoms with Crippen molar-refractivity contribution in [1.82, 2.24) is 10.1 Å². The van der Waals surface area contributed by atoms with E-state index in [-0.39, 0.29) is 0 Å². The zero-order chi connectivity index (χ0) is 11.4. The van der Waals surface area contributed by atoms with Gasteiger partial charge >= 0.3 is 6.09 Å². The number of likely N-dealkylation sites (tertiary alicyclic amines) is 1. The Kier molecular flexibility index (Phi) is 2.04. The number of hydrogen-bond acceptors (Lipinski definition) is 3. The minimum Gasteiger partial charge on any atom is -0.465 e. The van der Waals surface area contributed by atoms with Gasteiger partial charge in [-0.3, -0.25) is 0 Å². The van der Waals surface area contributed by atoms with Gasteiger partial charge in [-0.15, -0.1) is 0 Å². The first-order valence-corrected chi connectivity index (χ1v) is 5.98. The Balaban J connectivity index is 1.75. The highest BCUT2D eigenvalue weighted by molar-refractivity contribution is 9.10. The summed E-state index contributed by atoms with van der Waals surface area (Å²) in [6.07, 6.45) is -0.818. The topological polar surface area (TPSA) is 66.6 Å². The summed E-state index contributed by atoms with van der Waals surface area (Å²) >= 11 is 3.46. The smallest absolute Gasteiger partial charge is 0.407 e. The Morgan fingerprint density at radius 1 is 1.56 bits per heavy atom. The van der Waals surface area contributed by atoms with Gasteiger partial charge < -0.3 is 14.5 Å². The van der Waals surface area contributed by atoms with Gasteiger partial charge in [-0.25, -0.2) is 4.79 Å². The van der Waals surface area contributed by atoms with Crippen molar-refractivity contribution in [2.75, 3.05) is 13.1 Å². The second-order valence-electron chi connectivity index (χ2n) is 4.48. The first-order valence-electron chi connectivity index (χ1n) is 5.19. The van der Waals surface area contributed by atoms with E-state index in [0.717, 1.165) is 15.9 Å². The fourth-order valence-corrected chi connectivity index (χ4v) is 3.08. The number of hydrogen-bond donors (Lipinski definition) is 1. The monoisotopic (exact) mass is 286 g/mol. The molecule has 1 saturated heterocycles. The molecule has 3 rings (SSSR count). The number of fused-ring (bicyclic) bond motifs is 1. The van der Waals surface area contributed by atoms with Gasteiger partial charge in [0.1, 0.15) is 11.5 Å². The van der Waals surface area contributed by atoms with E-state index in [9.17, 15) is 4.79 Å². The largest absolute Gasteiger partial charge is 0.465 e. The van der Waals surface area contributed by atoms with Gasteiger partial charge in [0.25, 0.3) is 0 Å². The van der Waals surface area contributed by atoms with Crippen LogP contribution in [0.15, 0.2) is 9.00 Å². The molecule has 2 aliphatic rings. The van der Waals surface area contributed by atoms with Gasteiger partial charge in [0.15, 0.2) is 0 Å². The summed E-state index contributed by atoms with van der Waals surface area (Å²) in [5.74, 6) is 2.02. The second kappa shape index (κ2) is 3.23. The number of carboxylic acid groups (broad SMARTS) is 1. The average Bonchev–Trinajstić information content (AvgIpc) is 2.61. The molecule has 2 fully saturated rings. The molecule has 1 amide bonds. The molecular weight excluding hydrogens is 276 g/mol. The number of aromatic nitrogens is 1. The summed E-state index contributed by atoms with van der Waals surface area (Å²) in [5.41, 5.74) is 0.956. The number of rotatable bonds is 1. The Morgan fingerprint density at radius 2 is 2.19 bits per heavy atom. The van der Waals surface area contributed by atoms with E-state index in [1.54, 1.807) is 0 Å². The fraction of sp³-hybridized carbons (Fsp3) is 0.600. The number of carbonyl (C=O) groups is 1. The van der Waals surface area contributed by atoms with Crippen LogP contribution in [0.1, 0.15) is 17.4 Å². The van der Waals surface area contributed by atoms with Crippen LogP contribution in [0.4, 0.5) is 4.79 Å². The minimum atomic E-state index is -0.818. The van der Waals surface area contributed by atoms with Gasteiger partial charge in [-0.1, -0.05) is 5.16 Å². The first-order chi connectivity index (χ1) is 7.59. The molecule has 0 spiro atoms. The summed E-state index contributed by atoms with van der Waals surface area (Å²) in [7, 11) is 0. The molecule has 1 aliphatic carbocycles. The minimum absolute atomic E-state index is 0.377. The van der Waals surface area contributed by atoms with Gasteiger partial charge in [-0.05, 0) is 34.7 Å². The third-order valence-electron chi connectivity index (χ3n) is 3.60. The molecule has 86 valence electrons. The molecule has 6 heteroatoms. The zero-order valence-corrected chi connectivity index (χ0v) is 10.3. The van der Waals surface area contributed by atoms with Crippen molar-refractivity contribution in [2.45, 2.75) is 12.8 Å². The highest BCUT2D eigenvalue weighted by Crippen LogP contribution is 2.59. The molecule has 0 aromatic carbocycles. The Bertz CT molecular complexity index is 447. The quantitative estimate of drug-likeness (QED) is 0.858. The van der Waals surface area contributed by atoms with Crippen LogP contribution in [0.5, 0.6) is 0 Å². The molecule has 1 aliphatic heterocycles. The average molecular weight is 287 g/mol. The summed E-state index contributed by atoms with van der Waals surface area (Å²) in [4.78, 5) is 12.2. The number of aryl methyl sites for hydroxylation is 1. The third kappa shape index (κ3) is 1.29. The third-order valence-corrected chi connectivity index (χ3v) is 4.56.